The molecule has 3 saturated carbocycles. The summed E-state index contributed by atoms with van der Waals surface area (Å²) in [6.07, 6.45) is 1.84. The van der Waals surface area contributed by atoms with E-state index >= 15 is 0 Å². The summed E-state index contributed by atoms with van der Waals surface area (Å²) < 4.78 is 41.8. The van der Waals surface area contributed by atoms with E-state index in [1.54, 1.807) is 65.7 Å². The molecule has 0 spiro atoms. The van der Waals surface area contributed by atoms with Gasteiger partial charge in [0.2, 0.25) is 0 Å². The Morgan fingerprint density at radius 1 is 0.941 bits per heavy atom. The maximum absolute atomic E-state index is 13.9. The van der Waals surface area contributed by atoms with Crippen molar-refractivity contribution in [1.82, 2.24) is 4.90 Å². The van der Waals surface area contributed by atoms with Gasteiger partial charge >= 0.3 is 25.3 Å². The van der Waals surface area contributed by atoms with Crippen LogP contribution < -0.4 is 9.47 Å². The van der Waals surface area contributed by atoms with Crippen LogP contribution in [-0.4, -0.2) is 72.3 Å². The third-order valence-corrected chi connectivity index (χ3v) is 10.3. The molecular formula is C39H50BNO10. The number of carbonyl (C=O) groups excluding carboxylic acids is 3. The highest BCUT2D eigenvalue weighted by Gasteiger charge is 2.67. The quantitative estimate of drug-likeness (QED) is 0.118. The molecule has 4 atom stereocenters. The lowest BCUT2D eigenvalue weighted by molar-refractivity contribution is -0.199. The van der Waals surface area contributed by atoms with Crippen molar-refractivity contribution in [2.75, 3.05) is 13.1 Å². The molecule has 5 fully saturated rings. The van der Waals surface area contributed by atoms with Crippen LogP contribution in [0.5, 0.6) is 11.5 Å². The monoisotopic (exact) mass is 703 g/mol. The SMILES string of the molecule is CC(C)(C)OC(=O)Oc1c(/C=C\B2O[C@@H]3C[C@@H]4C[C@@H](C4(C)C)[C@]3(C)O2)ccc(OC2CN(C(=O)OCc3ccccc3)C2)c1C(=O)OC(C)(C)C. The van der Waals surface area contributed by atoms with Crippen molar-refractivity contribution in [2.45, 2.75) is 111 Å². The lowest BCUT2D eigenvalue weighted by Gasteiger charge is -2.64. The van der Waals surface area contributed by atoms with Crippen LogP contribution in [0.25, 0.3) is 6.08 Å². The fourth-order valence-corrected chi connectivity index (χ4v) is 7.61. The Balaban J connectivity index is 1.25. The minimum atomic E-state index is -0.996. The van der Waals surface area contributed by atoms with Crippen molar-refractivity contribution in [3.63, 3.8) is 0 Å². The molecule has 2 aliphatic heterocycles. The van der Waals surface area contributed by atoms with E-state index < -0.39 is 48.2 Å². The summed E-state index contributed by atoms with van der Waals surface area (Å²) in [5.41, 5.74) is -0.751. The molecule has 0 N–H and O–H groups in total. The maximum atomic E-state index is 13.9. The summed E-state index contributed by atoms with van der Waals surface area (Å²) in [4.78, 5) is 41.2. The first-order chi connectivity index (χ1) is 23.8. The van der Waals surface area contributed by atoms with Crippen LogP contribution in [-0.2, 0) is 30.1 Å². The molecule has 2 aromatic rings. The molecule has 0 unspecified atom stereocenters. The second kappa shape index (κ2) is 13.5. The second-order valence-corrected chi connectivity index (χ2v) is 16.8. The molecule has 7 rings (SSSR count). The average molecular weight is 704 g/mol. The minimum Gasteiger partial charge on any atom is -0.486 e. The lowest BCUT2D eigenvalue weighted by atomic mass is 9.43. The van der Waals surface area contributed by atoms with Crippen molar-refractivity contribution < 1.29 is 47.4 Å². The number of nitrogens with zero attached hydrogens (tertiary/aromatic N) is 1. The van der Waals surface area contributed by atoms with Crippen LogP contribution in [0.4, 0.5) is 9.59 Å². The van der Waals surface area contributed by atoms with Crippen LogP contribution in [0.2, 0.25) is 0 Å². The maximum Gasteiger partial charge on any atom is 0.514 e. The summed E-state index contributed by atoms with van der Waals surface area (Å²) in [6.45, 7) is 17.8. The van der Waals surface area contributed by atoms with Crippen LogP contribution in [0.15, 0.2) is 48.4 Å². The molecule has 274 valence electrons. The molecule has 2 bridgehead atoms. The number of hydrogen-bond acceptors (Lipinski definition) is 10. The fourth-order valence-electron chi connectivity index (χ4n) is 7.61. The van der Waals surface area contributed by atoms with Crippen molar-refractivity contribution in [3.8, 4) is 11.5 Å². The molecule has 51 heavy (non-hydrogen) atoms. The molecule has 0 radical (unpaired) electrons. The van der Waals surface area contributed by atoms with Crippen molar-refractivity contribution in [3.05, 3.63) is 65.1 Å². The first kappa shape index (κ1) is 36.8. The molecule has 5 aliphatic rings. The van der Waals surface area contributed by atoms with E-state index in [9.17, 15) is 14.4 Å². The molecular weight excluding hydrogens is 653 g/mol. The first-order valence-electron chi connectivity index (χ1n) is 17.8. The molecule has 2 heterocycles. The number of benzene rings is 2. The number of esters is 1. The van der Waals surface area contributed by atoms with Crippen LogP contribution >= 0.6 is 0 Å². The minimum absolute atomic E-state index is 0.0211. The summed E-state index contributed by atoms with van der Waals surface area (Å²) >= 11 is 0. The van der Waals surface area contributed by atoms with Crippen LogP contribution in [0, 0.1) is 17.3 Å². The van der Waals surface area contributed by atoms with E-state index in [1.165, 1.54) is 4.90 Å². The third-order valence-electron chi connectivity index (χ3n) is 10.3. The number of ether oxygens (including phenoxy) is 5. The number of likely N-dealkylation sites (tertiary alicyclic amines) is 1. The van der Waals surface area contributed by atoms with Gasteiger partial charge < -0.3 is 37.9 Å². The molecule has 2 saturated heterocycles. The van der Waals surface area contributed by atoms with E-state index in [0.29, 0.717) is 17.4 Å². The van der Waals surface area contributed by atoms with Gasteiger partial charge in [0.15, 0.2) is 5.75 Å². The Hall–Kier alpha value is -4.03. The van der Waals surface area contributed by atoms with Gasteiger partial charge in [0.1, 0.15) is 35.2 Å². The molecule has 12 heteroatoms. The first-order valence-corrected chi connectivity index (χ1v) is 17.8. The predicted octanol–water partition coefficient (Wildman–Crippen LogP) is 7.64. The highest BCUT2D eigenvalue weighted by Crippen LogP contribution is 2.65. The number of rotatable bonds is 8. The summed E-state index contributed by atoms with van der Waals surface area (Å²) in [6, 6.07) is 12.7. The fraction of sp³-hybridized carbons (Fsp3) is 0.564. The normalized spacial score (nSPS) is 25.4. The molecule has 2 aromatic carbocycles. The Morgan fingerprint density at radius 2 is 1.63 bits per heavy atom. The average Bonchev–Trinajstić information content (AvgIpc) is 3.35. The van der Waals surface area contributed by atoms with Gasteiger partial charge in [-0.2, -0.15) is 0 Å². The number of amides is 1. The van der Waals surface area contributed by atoms with E-state index in [0.717, 1.165) is 18.4 Å². The molecule has 1 amide bonds. The zero-order valence-electron chi connectivity index (χ0n) is 31.1. The zero-order valence-corrected chi connectivity index (χ0v) is 31.1. The highest BCUT2D eigenvalue weighted by atomic mass is 16.7. The number of hydrogen-bond donors (Lipinski definition) is 0. The summed E-state index contributed by atoms with van der Waals surface area (Å²) in [7, 11) is -0.631. The topological polar surface area (TPSA) is 119 Å². The van der Waals surface area contributed by atoms with E-state index in [4.69, 9.17) is 33.0 Å². The van der Waals surface area contributed by atoms with E-state index in [2.05, 4.69) is 20.8 Å². The second-order valence-electron chi connectivity index (χ2n) is 16.8. The standard InChI is InChI=1S/C39H50BNO10/c1-36(2,3)48-33(42)31-28(46-27-21-41(22-27)34(43)45-23-24-13-11-10-12-14-24)16-15-25(32(31)47-35(44)49-37(4,5)6)17-18-40-50-30-20-26-19-29(38(26,7)8)39(30,9)51-40/h10-18,26-27,29-30H,19-23H2,1-9H3/b18-17-/t26-,29-,30+,39-/m0/s1. The van der Waals surface area contributed by atoms with Gasteiger partial charge in [-0.15, -0.1) is 0 Å². The van der Waals surface area contributed by atoms with E-state index in [1.807, 2.05) is 30.3 Å². The van der Waals surface area contributed by atoms with Crippen molar-refractivity contribution >= 4 is 31.4 Å². The van der Waals surface area contributed by atoms with Crippen molar-refractivity contribution in [2.24, 2.45) is 17.3 Å². The Bertz CT molecular complexity index is 1670. The summed E-state index contributed by atoms with van der Waals surface area (Å²) in [5, 5.41) is 0. The van der Waals surface area contributed by atoms with Gasteiger partial charge in [-0.25, -0.2) is 14.4 Å². The van der Waals surface area contributed by atoms with Gasteiger partial charge in [0.05, 0.1) is 24.8 Å². The largest absolute Gasteiger partial charge is 0.514 e. The van der Waals surface area contributed by atoms with Crippen LogP contribution in [0.3, 0.4) is 0 Å². The van der Waals surface area contributed by atoms with Crippen LogP contribution in [0.1, 0.15) is 96.6 Å². The van der Waals surface area contributed by atoms with Gasteiger partial charge in [-0.05, 0) is 96.3 Å². The number of carbonyl (C=O) groups is 3. The van der Waals surface area contributed by atoms with Gasteiger partial charge in [-0.1, -0.05) is 56.2 Å². The highest BCUT2D eigenvalue weighted by molar-refractivity contribution is 6.52. The zero-order chi connectivity index (χ0) is 36.9. The van der Waals surface area contributed by atoms with Gasteiger partial charge in [0, 0.05) is 5.56 Å². The van der Waals surface area contributed by atoms with Gasteiger partial charge in [0.25, 0.3) is 0 Å². The van der Waals surface area contributed by atoms with E-state index in [-0.39, 0.29) is 48.3 Å². The third kappa shape index (κ3) is 7.92. The summed E-state index contributed by atoms with van der Waals surface area (Å²) in [5.74, 6) is 2.06. The molecule has 11 nitrogen and oxygen atoms in total. The van der Waals surface area contributed by atoms with Gasteiger partial charge in [-0.3, -0.25) is 0 Å². The Morgan fingerprint density at radius 3 is 2.27 bits per heavy atom. The smallest absolute Gasteiger partial charge is 0.486 e. The Labute approximate surface area is 301 Å². The predicted molar refractivity (Wildman–Crippen MR) is 190 cm³/mol. The van der Waals surface area contributed by atoms with Crippen molar-refractivity contribution in [1.29, 1.82) is 0 Å². The molecule has 0 aromatic heterocycles. The Kier molecular flexibility index (Phi) is 9.73. The molecule has 3 aliphatic carbocycles. The lowest BCUT2D eigenvalue weighted by Crippen LogP contribution is -2.65.